The Hall–Kier alpha value is -2.41. The number of hydrogen-bond donors (Lipinski definition) is 2. The molecule has 7 nitrogen and oxygen atoms in total. The SMILES string of the molecule is COC(=O)C1CCN(CC(=O)Nc2ccccc2C(=O)NC2CC2)CC1. The Morgan fingerprint density at radius 2 is 1.81 bits per heavy atom. The molecule has 26 heavy (non-hydrogen) atoms. The molecule has 1 aliphatic heterocycles. The highest BCUT2D eigenvalue weighted by Gasteiger charge is 2.27. The fraction of sp³-hybridized carbons (Fsp3) is 0.526. The van der Waals surface area contributed by atoms with Crippen molar-refractivity contribution in [1.29, 1.82) is 0 Å². The molecule has 2 fully saturated rings. The van der Waals surface area contributed by atoms with Gasteiger partial charge in [0.1, 0.15) is 0 Å². The Kier molecular flexibility index (Phi) is 5.88. The van der Waals surface area contributed by atoms with Gasteiger partial charge < -0.3 is 15.4 Å². The molecule has 0 atom stereocenters. The highest BCUT2D eigenvalue weighted by atomic mass is 16.5. The van der Waals surface area contributed by atoms with Crippen LogP contribution in [0.1, 0.15) is 36.0 Å². The maximum atomic E-state index is 12.4. The lowest BCUT2D eigenvalue weighted by molar-refractivity contribution is -0.147. The average molecular weight is 359 g/mol. The first kappa shape index (κ1) is 18.4. The first-order valence-corrected chi connectivity index (χ1v) is 9.06. The van der Waals surface area contributed by atoms with Gasteiger partial charge in [-0.15, -0.1) is 0 Å². The zero-order valence-corrected chi connectivity index (χ0v) is 15.0. The van der Waals surface area contributed by atoms with Crippen LogP contribution in [-0.2, 0) is 14.3 Å². The summed E-state index contributed by atoms with van der Waals surface area (Å²) in [5, 5.41) is 5.79. The number of carbonyl (C=O) groups excluding carboxylic acids is 3. The van der Waals surface area contributed by atoms with Crippen molar-refractivity contribution in [2.75, 3.05) is 32.1 Å². The first-order chi connectivity index (χ1) is 12.6. The molecule has 0 unspecified atom stereocenters. The van der Waals surface area contributed by atoms with Crippen LogP contribution in [0.5, 0.6) is 0 Å². The number of anilines is 1. The summed E-state index contributed by atoms with van der Waals surface area (Å²) in [4.78, 5) is 38.3. The Morgan fingerprint density at radius 3 is 2.46 bits per heavy atom. The number of rotatable bonds is 6. The number of nitrogens with zero attached hydrogens (tertiary/aromatic N) is 1. The molecule has 0 bridgehead atoms. The van der Waals surface area contributed by atoms with Gasteiger partial charge in [-0.25, -0.2) is 0 Å². The second-order valence-electron chi connectivity index (χ2n) is 6.92. The van der Waals surface area contributed by atoms with Crippen LogP contribution in [0, 0.1) is 5.92 Å². The van der Waals surface area contributed by atoms with Crippen molar-refractivity contribution < 1.29 is 19.1 Å². The van der Waals surface area contributed by atoms with E-state index in [1.165, 1.54) is 7.11 Å². The lowest BCUT2D eigenvalue weighted by Gasteiger charge is -2.30. The third kappa shape index (κ3) is 4.82. The average Bonchev–Trinajstić information content (AvgIpc) is 3.46. The zero-order chi connectivity index (χ0) is 18.5. The minimum atomic E-state index is -0.176. The normalized spacial score (nSPS) is 18.2. The van der Waals surface area contributed by atoms with Crippen molar-refractivity contribution >= 4 is 23.5 Å². The number of methoxy groups -OCH3 is 1. The van der Waals surface area contributed by atoms with E-state index in [9.17, 15) is 14.4 Å². The van der Waals surface area contributed by atoms with Crippen LogP contribution in [0.3, 0.4) is 0 Å². The van der Waals surface area contributed by atoms with Gasteiger partial charge in [-0.3, -0.25) is 19.3 Å². The molecule has 2 amide bonds. The minimum Gasteiger partial charge on any atom is -0.469 e. The van der Waals surface area contributed by atoms with Crippen molar-refractivity contribution in [2.24, 2.45) is 5.92 Å². The molecule has 1 heterocycles. The molecule has 2 aliphatic rings. The van der Waals surface area contributed by atoms with E-state index >= 15 is 0 Å². The van der Waals surface area contributed by atoms with Gasteiger partial charge >= 0.3 is 5.97 Å². The molecular formula is C19H25N3O4. The smallest absolute Gasteiger partial charge is 0.308 e. The van der Waals surface area contributed by atoms with Gasteiger partial charge in [0, 0.05) is 6.04 Å². The molecule has 7 heteroatoms. The number of likely N-dealkylation sites (tertiary alicyclic amines) is 1. The standard InChI is InChI=1S/C19H25N3O4/c1-26-19(25)13-8-10-22(11-9-13)12-17(23)21-16-5-3-2-4-15(16)18(24)20-14-6-7-14/h2-5,13-14H,6-12H2,1H3,(H,20,24)(H,21,23). The third-order valence-electron chi connectivity index (χ3n) is 4.85. The summed E-state index contributed by atoms with van der Waals surface area (Å²) in [5.41, 5.74) is 1.01. The van der Waals surface area contributed by atoms with Gasteiger partial charge in [-0.1, -0.05) is 12.1 Å². The molecule has 1 aliphatic carbocycles. The van der Waals surface area contributed by atoms with Crippen molar-refractivity contribution in [2.45, 2.75) is 31.7 Å². The Balaban J connectivity index is 1.52. The molecule has 1 aromatic carbocycles. The van der Waals surface area contributed by atoms with E-state index in [-0.39, 0.29) is 36.3 Å². The highest BCUT2D eigenvalue weighted by Crippen LogP contribution is 2.22. The summed E-state index contributed by atoms with van der Waals surface area (Å²) in [6.45, 7) is 1.60. The van der Waals surface area contributed by atoms with Gasteiger partial charge in [0.25, 0.3) is 5.91 Å². The van der Waals surface area contributed by atoms with Crippen LogP contribution >= 0.6 is 0 Å². The van der Waals surface area contributed by atoms with E-state index in [0.29, 0.717) is 37.2 Å². The molecule has 1 saturated heterocycles. The topological polar surface area (TPSA) is 87.7 Å². The van der Waals surface area contributed by atoms with E-state index in [0.717, 1.165) is 12.8 Å². The minimum absolute atomic E-state index is 0.0776. The monoisotopic (exact) mass is 359 g/mol. The summed E-state index contributed by atoms with van der Waals surface area (Å²) in [5.74, 6) is -0.564. The van der Waals surface area contributed by atoms with Crippen LogP contribution in [0.4, 0.5) is 5.69 Å². The Labute approximate surface area is 153 Å². The van der Waals surface area contributed by atoms with Crippen LogP contribution in [0.2, 0.25) is 0 Å². The number of para-hydroxylation sites is 1. The van der Waals surface area contributed by atoms with Crippen LogP contribution in [0.15, 0.2) is 24.3 Å². The number of amides is 2. The molecule has 0 aromatic heterocycles. The number of piperidine rings is 1. The second-order valence-corrected chi connectivity index (χ2v) is 6.92. The van der Waals surface area contributed by atoms with Gasteiger partial charge in [0.2, 0.25) is 5.91 Å². The summed E-state index contributed by atoms with van der Waals surface area (Å²) < 4.78 is 4.78. The van der Waals surface area contributed by atoms with Crippen LogP contribution in [-0.4, -0.2) is 55.5 Å². The molecule has 2 N–H and O–H groups in total. The number of nitrogens with one attached hydrogen (secondary N) is 2. The Morgan fingerprint density at radius 1 is 1.12 bits per heavy atom. The van der Waals surface area contributed by atoms with Gasteiger partial charge in [0.05, 0.1) is 30.8 Å². The number of hydrogen-bond acceptors (Lipinski definition) is 5. The first-order valence-electron chi connectivity index (χ1n) is 9.06. The van der Waals surface area contributed by atoms with E-state index in [1.807, 2.05) is 4.90 Å². The molecular weight excluding hydrogens is 334 g/mol. The van der Waals surface area contributed by atoms with Gasteiger partial charge in [0.15, 0.2) is 0 Å². The summed E-state index contributed by atoms with van der Waals surface area (Å²) in [7, 11) is 1.40. The fourth-order valence-corrected chi connectivity index (χ4v) is 3.17. The maximum Gasteiger partial charge on any atom is 0.308 e. The maximum absolute atomic E-state index is 12.4. The molecule has 140 valence electrons. The second kappa shape index (κ2) is 8.31. The highest BCUT2D eigenvalue weighted by molar-refractivity contribution is 6.04. The number of esters is 1. The van der Waals surface area contributed by atoms with Crippen molar-refractivity contribution in [3.63, 3.8) is 0 Å². The van der Waals surface area contributed by atoms with Crippen LogP contribution < -0.4 is 10.6 Å². The predicted molar refractivity (Wildman–Crippen MR) is 96.7 cm³/mol. The van der Waals surface area contributed by atoms with E-state index in [4.69, 9.17) is 4.74 Å². The summed E-state index contributed by atoms with van der Waals surface area (Å²) in [6, 6.07) is 7.31. The molecule has 1 aromatic rings. The zero-order valence-electron chi connectivity index (χ0n) is 15.0. The lowest BCUT2D eigenvalue weighted by Crippen LogP contribution is -2.41. The van der Waals surface area contributed by atoms with Crippen molar-refractivity contribution in [1.82, 2.24) is 10.2 Å². The Bertz CT molecular complexity index is 679. The molecule has 0 spiro atoms. The molecule has 1 saturated carbocycles. The van der Waals surface area contributed by atoms with Crippen molar-refractivity contribution in [3.8, 4) is 0 Å². The van der Waals surface area contributed by atoms with Crippen LogP contribution in [0.25, 0.3) is 0 Å². The summed E-state index contributed by atoms with van der Waals surface area (Å²) in [6.07, 6.45) is 3.42. The van der Waals surface area contributed by atoms with Gasteiger partial charge in [-0.2, -0.15) is 0 Å². The van der Waals surface area contributed by atoms with E-state index in [2.05, 4.69) is 10.6 Å². The number of carbonyl (C=O) groups is 3. The van der Waals surface area contributed by atoms with Gasteiger partial charge in [-0.05, 0) is 50.9 Å². The lowest BCUT2D eigenvalue weighted by atomic mass is 9.97. The summed E-state index contributed by atoms with van der Waals surface area (Å²) >= 11 is 0. The van der Waals surface area contributed by atoms with E-state index in [1.54, 1.807) is 24.3 Å². The molecule has 0 radical (unpaired) electrons. The molecule has 3 rings (SSSR count). The number of ether oxygens (including phenoxy) is 1. The quantitative estimate of drug-likeness (QED) is 0.750. The largest absolute Gasteiger partial charge is 0.469 e. The van der Waals surface area contributed by atoms with Crippen molar-refractivity contribution in [3.05, 3.63) is 29.8 Å². The fourth-order valence-electron chi connectivity index (χ4n) is 3.17. The third-order valence-corrected chi connectivity index (χ3v) is 4.85. The predicted octanol–water partition coefficient (Wildman–Crippen LogP) is 1.40. The number of benzene rings is 1. The van der Waals surface area contributed by atoms with E-state index < -0.39 is 0 Å².